The SMILES string of the molecule is COC(=O)CN1CCC(C(=O)Nc2cc3cc(-c4cnn(C)c4)ccc3cn2)CC1. The minimum absolute atomic E-state index is 0.0250. The molecule has 30 heavy (non-hydrogen) atoms. The summed E-state index contributed by atoms with van der Waals surface area (Å²) in [6, 6.07) is 8.04. The number of fused-ring (bicyclic) bond motifs is 1. The molecule has 1 fully saturated rings. The zero-order valence-electron chi connectivity index (χ0n) is 17.2. The van der Waals surface area contributed by atoms with E-state index < -0.39 is 0 Å². The third-order valence-electron chi connectivity index (χ3n) is 5.55. The minimum atomic E-state index is -0.246. The highest BCUT2D eigenvalue weighted by Gasteiger charge is 2.26. The van der Waals surface area contributed by atoms with E-state index in [0.717, 1.165) is 21.9 Å². The summed E-state index contributed by atoms with van der Waals surface area (Å²) < 4.78 is 6.48. The van der Waals surface area contributed by atoms with E-state index in [0.29, 0.717) is 31.7 Å². The van der Waals surface area contributed by atoms with Crippen molar-refractivity contribution < 1.29 is 14.3 Å². The lowest BCUT2D eigenvalue weighted by molar-refractivity contribution is -0.142. The normalized spacial score (nSPS) is 15.3. The number of hydrogen-bond acceptors (Lipinski definition) is 6. The van der Waals surface area contributed by atoms with Gasteiger partial charge in [-0.2, -0.15) is 5.10 Å². The fraction of sp³-hybridized carbons (Fsp3) is 0.364. The highest BCUT2D eigenvalue weighted by atomic mass is 16.5. The third-order valence-corrected chi connectivity index (χ3v) is 5.55. The van der Waals surface area contributed by atoms with Crippen LogP contribution in [0.3, 0.4) is 0 Å². The maximum Gasteiger partial charge on any atom is 0.319 e. The van der Waals surface area contributed by atoms with Gasteiger partial charge in [0.1, 0.15) is 5.82 Å². The van der Waals surface area contributed by atoms with Crippen LogP contribution < -0.4 is 5.32 Å². The van der Waals surface area contributed by atoms with E-state index in [4.69, 9.17) is 4.74 Å². The predicted molar refractivity (Wildman–Crippen MR) is 114 cm³/mol. The smallest absolute Gasteiger partial charge is 0.319 e. The van der Waals surface area contributed by atoms with Crippen molar-refractivity contribution in [3.05, 3.63) is 42.9 Å². The first-order valence-electron chi connectivity index (χ1n) is 10.0. The molecule has 156 valence electrons. The number of benzene rings is 1. The molecule has 8 heteroatoms. The summed E-state index contributed by atoms with van der Waals surface area (Å²) in [5, 5.41) is 9.20. The monoisotopic (exact) mass is 407 g/mol. The maximum atomic E-state index is 12.7. The second-order valence-corrected chi connectivity index (χ2v) is 7.65. The lowest BCUT2D eigenvalue weighted by atomic mass is 9.96. The standard InChI is InChI=1S/C22H25N5O3/c1-26-13-19(12-24-26)16-3-4-17-11-23-20(10-18(17)9-16)25-22(29)15-5-7-27(8-6-15)14-21(28)30-2/h3-4,9-13,15H,5-8,14H2,1-2H3,(H,23,25,29). The van der Waals surface area contributed by atoms with Gasteiger partial charge in [-0.1, -0.05) is 12.1 Å². The van der Waals surface area contributed by atoms with Crippen LogP contribution >= 0.6 is 0 Å². The molecule has 3 aromatic rings. The predicted octanol–water partition coefficient (Wildman–Crippen LogP) is 2.46. The van der Waals surface area contributed by atoms with E-state index in [1.54, 1.807) is 10.9 Å². The molecule has 0 atom stereocenters. The van der Waals surface area contributed by atoms with Crippen LogP contribution in [0.1, 0.15) is 12.8 Å². The molecule has 0 spiro atoms. The number of piperidine rings is 1. The molecular formula is C22H25N5O3. The number of hydrogen-bond donors (Lipinski definition) is 1. The Balaban J connectivity index is 1.42. The average molecular weight is 407 g/mol. The van der Waals surface area contributed by atoms with E-state index in [9.17, 15) is 9.59 Å². The molecule has 4 rings (SSSR count). The van der Waals surface area contributed by atoms with Gasteiger partial charge in [0.15, 0.2) is 0 Å². The average Bonchev–Trinajstić information content (AvgIpc) is 3.20. The van der Waals surface area contributed by atoms with Gasteiger partial charge in [0.05, 0.1) is 19.9 Å². The molecule has 1 aromatic carbocycles. The lowest BCUT2D eigenvalue weighted by Gasteiger charge is -2.30. The number of ether oxygens (including phenoxy) is 1. The second kappa shape index (κ2) is 8.62. The Hall–Kier alpha value is -3.26. The van der Waals surface area contributed by atoms with Crippen molar-refractivity contribution in [2.75, 3.05) is 32.1 Å². The molecule has 0 unspecified atom stereocenters. The van der Waals surface area contributed by atoms with Gasteiger partial charge in [-0.05, 0) is 49.0 Å². The number of likely N-dealkylation sites (tertiary alicyclic amines) is 1. The second-order valence-electron chi connectivity index (χ2n) is 7.65. The van der Waals surface area contributed by atoms with Gasteiger partial charge < -0.3 is 10.1 Å². The van der Waals surface area contributed by atoms with Crippen LogP contribution in [0.5, 0.6) is 0 Å². The molecule has 1 aliphatic rings. The van der Waals surface area contributed by atoms with Crippen LogP contribution in [-0.4, -0.2) is 58.3 Å². The molecular weight excluding hydrogens is 382 g/mol. The van der Waals surface area contributed by atoms with Crippen LogP contribution in [0, 0.1) is 5.92 Å². The van der Waals surface area contributed by atoms with Gasteiger partial charge in [0.25, 0.3) is 0 Å². The number of carbonyl (C=O) groups is 2. The van der Waals surface area contributed by atoms with E-state index >= 15 is 0 Å². The third kappa shape index (κ3) is 4.49. The van der Waals surface area contributed by atoms with Crippen LogP contribution in [0.2, 0.25) is 0 Å². The molecule has 0 saturated carbocycles. The zero-order chi connectivity index (χ0) is 21.1. The summed E-state index contributed by atoms with van der Waals surface area (Å²) >= 11 is 0. The van der Waals surface area contributed by atoms with Crippen molar-refractivity contribution >= 4 is 28.5 Å². The van der Waals surface area contributed by atoms with Crippen LogP contribution in [0.25, 0.3) is 21.9 Å². The minimum Gasteiger partial charge on any atom is -0.468 e. The summed E-state index contributed by atoms with van der Waals surface area (Å²) in [5.74, 6) is 0.192. The van der Waals surface area contributed by atoms with Gasteiger partial charge in [-0.15, -0.1) is 0 Å². The molecule has 1 saturated heterocycles. The van der Waals surface area contributed by atoms with E-state index in [-0.39, 0.29) is 24.3 Å². The van der Waals surface area contributed by atoms with E-state index in [1.807, 2.05) is 42.5 Å². The molecule has 8 nitrogen and oxygen atoms in total. The number of esters is 1. The largest absolute Gasteiger partial charge is 0.468 e. The van der Waals surface area contributed by atoms with Gasteiger partial charge >= 0.3 is 5.97 Å². The summed E-state index contributed by atoms with van der Waals surface area (Å²) in [5.41, 5.74) is 2.11. The molecule has 0 radical (unpaired) electrons. The Kier molecular flexibility index (Phi) is 5.76. The molecule has 0 aliphatic carbocycles. The summed E-state index contributed by atoms with van der Waals surface area (Å²) in [7, 11) is 3.28. The number of aryl methyl sites for hydroxylation is 1. The number of pyridine rings is 1. The Labute approximate surface area is 174 Å². The van der Waals surface area contributed by atoms with Crippen LogP contribution in [-0.2, 0) is 21.4 Å². The van der Waals surface area contributed by atoms with Crippen molar-refractivity contribution in [1.29, 1.82) is 0 Å². The number of amides is 1. The number of methoxy groups -OCH3 is 1. The Bertz CT molecular complexity index is 1070. The fourth-order valence-electron chi connectivity index (χ4n) is 3.79. The van der Waals surface area contributed by atoms with E-state index in [1.165, 1.54) is 7.11 Å². The fourth-order valence-corrected chi connectivity index (χ4v) is 3.79. The Morgan fingerprint density at radius 3 is 2.63 bits per heavy atom. The number of aromatic nitrogens is 3. The van der Waals surface area contributed by atoms with Crippen LogP contribution in [0.15, 0.2) is 42.9 Å². The number of carbonyl (C=O) groups excluding carboxylic acids is 2. The first-order valence-corrected chi connectivity index (χ1v) is 10.0. The zero-order valence-corrected chi connectivity index (χ0v) is 17.2. The van der Waals surface area contributed by atoms with Gasteiger partial charge in [0.2, 0.25) is 5.91 Å². The molecule has 3 heterocycles. The van der Waals surface area contributed by atoms with E-state index in [2.05, 4.69) is 21.5 Å². The van der Waals surface area contributed by atoms with Gasteiger partial charge in [0, 0.05) is 36.3 Å². The molecule has 1 N–H and O–H groups in total. The van der Waals surface area contributed by atoms with Gasteiger partial charge in [-0.25, -0.2) is 4.98 Å². The Morgan fingerprint density at radius 2 is 1.93 bits per heavy atom. The highest BCUT2D eigenvalue weighted by molar-refractivity contribution is 5.95. The number of nitrogens with one attached hydrogen (secondary N) is 1. The van der Waals surface area contributed by atoms with Crippen molar-refractivity contribution in [3.8, 4) is 11.1 Å². The topological polar surface area (TPSA) is 89.4 Å². The van der Waals surface area contributed by atoms with Crippen molar-refractivity contribution in [1.82, 2.24) is 19.7 Å². The number of anilines is 1. The van der Waals surface area contributed by atoms with Crippen molar-refractivity contribution in [2.45, 2.75) is 12.8 Å². The molecule has 1 aliphatic heterocycles. The summed E-state index contributed by atoms with van der Waals surface area (Å²) in [4.78, 5) is 30.5. The first kappa shape index (κ1) is 20.0. The molecule has 1 amide bonds. The van der Waals surface area contributed by atoms with Gasteiger partial charge in [-0.3, -0.25) is 19.2 Å². The lowest BCUT2D eigenvalue weighted by Crippen LogP contribution is -2.40. The summed E-state index contributed by atoms with van der Waals surface area (Å²) in [6.07, 6.45) is 7.00. The van der Waals surface area contributed by atoms with Crippen molar-refractivity contribution in [3.63, 3.8) is 0 Å². The summed E-state index contributed by atoms with van der Waals surface area (Å²) in [6.45, 7) is 1.68. The first-order chi connectivity index (χ1) is 14.5. The van der Waals surface area contributed by atoms with Crippen molar-refractivity contribution in [2.24, 2.45) is 13.0 Å². The number of nitrogens with zero attached hydrogens (tertiary/aromatic N) is 4. The molecule has 2 aromatic heterocycles. The maximum absolute atomic E-state index is 12.7. The Morgan fingerprint density at radius 1 is 1.13 bits per heavy atom. The quantitative estimate of drug-likeness (QED) is 0.654. The molecule has 0 bridgehead atoms. The number of rotatable bonds is 5. The van der Waals surface area contributed by atoms with Crippen LogP contribution in [0.4, 0.5) is 5.82 Å². The highest BCUT2D eigenvalue weighted by Crippen LogP contribution is 2.26.